The topological polar surface area (TPSA) is 52.3 Å². The molecule has 98 valence electrons. The van der Waals surface area contributed by atoms with Crippen molar-refractivity contribution in [3.05, 3.63) is 47.5 Å². The summed E-state index contributed by atoms with van der Waals surface area (Å²) in [5.74, 6) is -0.278. The highest BCUT2D eigenvalue weighted by molar-refractivity contribution is 5.94. The van der Waals surface area contributed by atoms with Gasteiger partial charge in [0.2, 0.25) is 0 Å². The van der Waals surface area contributed by atoms with E-state index in [0.717, 1.165) is 22.0 Å². The standard InChI is InChI=1S/C16H17NO2/c1-3-19-16(18)11(2)8-12-4-5-14-10-15(17)7-6-13(14)9-12/h4-10H,3,17H2,1-2H3/b11-8+. The molecule has 0 unspecified atom stereocenters. The zero-order chi connectivity index (χ0) is 13.8. The van der Waals surface area contributed by atoms with Crippen LogP contribution in [0.25, 0.3) is 16.8 Å². The highest BCUT2D eigenvalue weighted by atomic mass is 16.5. The van der Waals surface area contributed by atoms with E-state index in [1.54, 1.807) is 13.8 Å². The van der Waals surface area contributed by atoms with Gasteiger partial charge in [-0.15, -0.1) is 0 Å². The Hall–Kier alpha value is -2.29. The summed E-state index contributed by atoms with van der Waals surface area (Å²) >= 11 is 0. The van der Waals surface area contributed by atoms with E-state index in [9.17, 15) is 4.79 Å². The van der Waals surface area contributed by atoms with Crippen LogP contribution in [0.2, 0.25) is 0 Å². The number of rotatable bonds is 3. The van der Waals surface area contributed by atoms with Gasteiger partial charge >= 0.3 is 5.97 Å². The molecule has 0 radical (unpaired) electrons. The molecule has 2 N–H and O–H groups in total. The van der Waals surface area contributed by atoms with Crippen LogP contribution in [-0.2, 0) is 9.53 Å². The van der Waals surface area contributed by atoms with Crippen molar-refractivity contribution in [3.8, 4) is 0 Å². The van der Waals surface area contributed by atoms with Gasteiger partial charge < -0.3 is 10.5 Å². The number of fused-ring (bicyclic) bond motifs is 1. The predicted octanol–water partition coefficient (Wildman–Crippen LogP) is 3.39. The molecule has 0 aliphatic heterocycles. The SMILES string of the molecule is CCOC(=O)/C(C)=C/c1ccc2cc(N)ccc2c1. The molecule has 0 aromatic heterocycles. The molecule has 0 aliphatic rings. The highest BCUT2D eigenvalue weighted by Crippen LogP contribution is 2.20. The Morgan fingerprint density at radius 2 is 1.89 bits per heavy atom. The molecule has 0 heterocycles. The van der Waals surface area contributed by atoms with E-state index in [0.29, 0.717) is 12.2 Å². The van der Waals surface area contributed by atoms with E-state index < -0.39 is 0 Å². The monoisotopic (exact) mass is 255 g/mol. The van der Waals surface area contributed by atoms with E-state index in [1.165, 1.54) is 0 Å². The normalized spacial score (nSPS) is 11.6. The summed E-state index contributed by atoms with van der Waals surface area (Å²) < 4.78 is 4.96. The molecule has 0 bridgehead atoms. The maximum absolute atomic E-state index is 11.5. The van der Waals surface area contributed by atoms with Gasteiger partial charge in [-0.3, -0.25) is 0 Å². The average Bonchev–Trinajstić information content (AvgIpc) is 2.39. The molecule has 3 nitrogen and oxygen atoms in total. The van der Waals surface area contributed by atoms with Crippen molar-refractivity contribution in [2.24, 2.45) is 0 Å². The number of carbonyl (C=O) groups excluding carboxylic acids is 1. The lowest BCUT2D eigenvalue weighted by Crippen LogP contribution is -2.04. The van der Waals surface area contributed by atoms with Crippen molar-refractivity contribution in [1.82, 2.24) is 0 Å². The Kier molecular flexibility index (Phi) is 3.85. The van der Waals surface area contributed by atoms with Crippen molar-refractivity contribution in [1.29, 1.82) is 0 Å². The fraction of sp³-hybridized carbons (Fsp3) is 0.188. The molecular formula is C16H17NO2. The molecule has 2 aromatic carbocycles. The number of nitrogen functional groups attached to an aromatic ring is 1. The van der Waals surface area contributed by atoms with Crippen molar-refractivity contribution in [2.45, 2.75) is 13.8 Å². The summed E-state index contributed by atoms with van der Waals surface area (Å²) in [6.45, 7) is 3.94. The summed E-state index contributed by atoms with van der Waals surface area (Å²) in [6, 6.07) is 11.8. The first kappa shape index (κ1) is 13.1. The summed E-state index contributed by atoms with van der Waals surface area (Å²) in [5, 5.41) is 2.19. The molecule has 0 atom stereocenters. The first-order valence-corrected chi connectivity index (χ1v) is 6.25. The zero-order valence-electron chi connectivity index (χ0n) is 11.1. The number of esters is 1. The van der Waals surface area contributed by atoms with Gasteiger partial charge in [-0.05, 0) is 54.5 Å². The minimum Gasteiger partial charge on any atom is -0.463 e. The van der Waals surface area contributed by atoms with Gasteiger partial charge in [-0.1, -0.05) is 18.2 Å². The molecule has 3 heteroatoms. The van der Waals surface area contributed by atoms with Crippen LogP contribution >= 0.6 is 0 Å². The molecule has 0 spiro atoms. The molecule has 19 heavy (non-hydrogen) atoms. The largest absolute Gasteiger partial charge is 0.463 e. The lowest BCUT2D eigenvalue weighted by Gasteiger charge is -2.04. The Morgan fingerprint density at radius 3 is 2.63 bits per heavy atom. The number of nitrogens with two attached hydrogens (primary N) is 1. The van der Waals surface area contributed by atoms with Crippen LogP contribution in [-0.4, -0.2) is 12.6 Å². The van der Waals surface area contributed by atoms with Gasteiger partial charge in [-0.25, -0.2) is 4.79 Å². The van der Waals surface area contributed by atoms with Gasteiger partial charge in [0.15, 0.2) is 0 Å². The van der Waals surface area contributed by atoms with Crippen molar-refractivity contribution < 1.29 is 9.53 Å². The number of benzene rings is 2. The minimum atomic E-state index is -0.278. The van der Waals surface area contributed by atoms with Gasteiger partial charge in [0.1, 0.15) is 0 Å². The second kappa shape index (κ2) is 5.57. The van der Waals surface area contributed by atoms with E-state index in [4.69, 9.17) is 10.5 Å². The van der Waals surface area contributed by atoms with Crippen LogP contribution in [0.15, 0.2) is 42.0 Å². The number of hydrogen-bond donors (Lipinski definition) is 1. The average molecular weight is 255 g/mol. The Labute approximate surface area is 112 Å². The first-order valence-electron chi connectivity index (χ1n) is 6.25. The molecule has 2 rings (SSSR count). The van der Waals surface area contributed by atoms with Crippen molar-refractivity contribution >= 4 is 28.5 Å². The maximum Gasteiger partial charge on any atom is 0.333 e. The molecule has 0 amide bonds. The lowest BCUT2D eigenvalue weighted by molar-refractivity contribution is -0.138. The maximum atomic E-state index is 11.5. The van der Waals surface area contributed by atoms with Crippen LogP contribution in [0.1, 0.15) is 19.4 Å². The van der Waals surface area contributed by atoms with Crippen LogP contribution in [0, 0.1) is 0 Å². The van der Waals surface area contributed by atoms with Crippen LogP contribution in [0.4, 0.5) is 5.69 Å². The smallest absolute Gasteiger partial charge is 0.333 e. The highest BCUT2D eigenvalue weighted by Gasteiger charge is 2.04. The fourth-order valence-electron chi connectivity index (χ4n) is 1.93. The summed E-state index contributed by atoms with van der Waals surface area (Å²) in [4.78, 5) is 11.5. The predicted molar refractivity (Wildman–Crippen MR) is 78.6 cm³/mol. The summed E-state index contributed by atoms with van der Waals surface area (Å²) in [6.07, 6.45) is 1.83. The Balaban J connectivity index is 2.33. The van der Waals surface area contributed by atoms with E-state index >= 15 is 0 Å². The number of hydrogen-bond acceptors (Lipinski definition) is 3. The van der Waals surface area contributed by atoms with E-state index in [-0.39, 0.29) is 5.97 Å². The van der Waals surface area contributed by atoms with Gasteiger partial charge in [-0.2, -0.15) is 0 Å². The van der Waals surface area contributed by atoms with Crippen LogP contribution in [0.5, 0.6) is 0 Å². The summed E-state index contributed by atoms with van der Waals surface area (Å²) in [5.41, 5.74) is 8.06. The van der Waals surface area contributed by atoms with Gasteiger partial charge in [0, 0.05) is 11.3 Å². The van der Waals surface area contributed by atoms with Gasteiger partial charge in [0.05, 0.1) is 6.61 Å². The van der Waals surface area contributed by atoms with Crippen molar-refractivity contribution in [2.75, 3.05) is 12.3 Å². The Morgan fingerprint density at radius 1 is 1.21 bits per heavy atom. The Bertz CT molecular complexity index is 644. The number of ether oxygens (including phenoxy) is 1. The van der Waals surface area contributed by atoms with E-state index in [2.05, 4.69) is 0 Å². The molecule has 2 aromatic rings. The molecule has 0 saturated heterocycles. The van der Waals surface area contributed by atoms with E-state index in [1.807, 2.05) is 42.5 Å². The molecule has 0 aliphatic carbocycles. The quantitative estimate of drug-likeness (QED) is 0.519. The number of carbonyl (C=O) groups is 1. The van der Waals surface area contributed by atoms with Crippen LogP contribution < -0.4 is 5.73 Å². The third-order valence-electron chi connectivity index (χ3n) is 2.87. The summed E-state index contributed by atoms with van der Waals surface area (Å²) in [7, 11) is 0. The van der Waals surface area contributed by atoms with Crippen molar-refractivity contribution in [3.63, 3.8) is 0 Å². The number of anilines is 1. The first-order chi connectivity index (χ1) is 9.10. The minimum absolute atomic E-state index is 0.278. The molecular weight excluding hydrogens is 238 g/mol. The molecule has 0 fully saturated rings. The zero-order valence-corrected chi connectivity index (χ0v) is 11.1. The van der Waals surface area contributed by atoms with Crippen LogP contribution in [0.3, 0.4) is 0 Å². The molecule has 0 saturated carbocycles. The lowest BCUT2D eigenvalue weighted by atomic mass is 10.0. The second-order valence-corrected chi connectivity index (χ2v) is 4.41. The third-order valence-corrected chi connectivity index (χ3v) is 2.87. The second-order valence-electron chi connectivity index (χ2n) is 4.41. The van der Waals surface area contributed by atoms with Gasteiger partial charge in [0.25, 0.3) is 0 Å². The third kappa shape index (κ3) is 3.13. The fourth-order valence-corrected chi connectivity index (χ4v) is 1.93.